The van der Waals surface area contributed by atoms with Crippen LogP contribution >= 0.6 is 0 Å². The highest BCUT2D eigenvalue weighted by Gasteiger charge is 2.20. The summed E-state index contributed by atoms with van der Waals surface area (Å²) in [4.78, 5) is 23.0. The van der Waals surface area contributed by atoms with Gasteiger partial charge >= 0.3 is 5.97 Å². The van der Waals surface area contributed by atoms with Gasteiger partial charge in [0.2, 0.25) is 0 Å². The number of unbranched alkanes of at least 4 members (excludes halogenated alkanes) is 1. The van der Waals surface area contributed by atoms with E-state index in [-0.39, 0.29) is 0 Å². The number of hydrogen-bond acceptors (Lipinski definition) is 2. The van der Waals surface area contributed by atoms with Crippen LogP contribution in [0.5, 0.6) is 0 Å². The van der Waals surface area contributed by atoms with E-state index in [9.17, 15) is 14.0 Å². The molecule has 0 bridgehead atoms. The quantitative estimate of drug-likeness (QED) is 0.832. The van der Waals surface area contributed by atoms with Crippen LogP contribution in [0, 0.1) is 12.7 Å². The maximum atomic E-state index is 12.9. The number of carbonyl (C=O) groups excluding carboxylic acids is 1. The Morgan fingerprint density at radius 3 is 2.63 bits per heavy atom. The summed E-state index contributed by atoms with van der Waals surface area (Å²) in [5.41, 5.74) is 0.779. The van der Waals surface area contributed by atoms with Crippen molar-refractivity contribution >= 4 is 11.9 Å². The maximum Gasteiger partial charge on any atom is 0.326 e. The van der Waals surface area contributed by atoms with Crippen LogP contribution in [0.2, 0.25) is 0 Å². The Morgan fingerprint density at radius 1 is 1.42 bits per heavy atom. The fourth-order valence-corrected chi connectivity index (χ4v) is 1.78. The standard InChI is InChI=1S/C14H18FNO3/c1-3-4-5-12(14(18)19)16-13(17)11-7-6-10(15)8-9(11)2/h6-8,12H,3-5H2,1-2H3,(H,16,17)(H,18,19). The lowest BCUT2D eigenvalue weighted by Crippen LogP contribution is -2.41. The van der Waals surface area contributed by atoms with Crippen molar-refractivity contribution in [1.82, 2.24) is 5.32 Å². The van der Waals surface area contributed by atoms with Crippen LogP contribution < -0.4 is 5.32 Å². The van der Waals surface area contributed by atoms with Crippen LogP contribution in [0.15, 0.2) is 18.2 Å². The molecule has 0 heterocycles. The second-order valence-corrected chi connectivity index (χ2v) is 4.47. The SMILES string of the molecule is CCCCC(NC(=O)c1ccc(F)cc1C)C(=O)O. The van der Waals surface area contributed by atoms with E-state index >= 15 is 0 Å². The molecule has 0 aliphatic heterocycles. The summed E-state index contributed by atoms with van der Waals surface area (Å²) in [6, 6.07) is 2.89. The minimum atomic E-state index is -1.05. The third-order valence-corrected chi connectivity index (χ3v) is 2.88. The zero-order valence-electron chi connectivity index (χ0n) is 11.1. The van der Waals surface area contributed by atoms with Gasteiger partial charge in [-0.15, -0.1) is 0 Å². The predicted octanol–water partition coefficient (Wildman–Crippen LogP) is 2.51. The van der Waals surface area contributed by atoms with Crippen LogP contribution in [-0.4, -0.2) is 23.0 Å². The zero-order valence-corrected chi connectivity index (χ0v) is 11.1. The first-order valence-corrected chi connectivity index (χ1v) is 6.25. The van der Waals surface area contributed by atoms with Gasteiger partial charge in [0, 0.05) is 5.56 Å². The molecule has 0 aliphatic carbocycles. The summed E-state index contributed by atoms with van der Waals surface area (Å²) in [6.45, 7) is 3.56. The molecular formula is C14H18FNO3. The first-order valence-electron chi connectivity index (χ1n) is 6.25. The number of carbonyl (C=O) groups is 2. The van der Waals surface area contributed by atoms with Crippen molar-refractivity contribution in [2.24, 2.45) is 0 Å². The van der Waals surface area contributed by atoms with E-state index in [1.54, 1.807) is 6.92 Å². The van der Waals surface area contributed by atoms with E-state index in [1.165, 1.54) is 18.2 Å². The summed E-state index contributed by atoms with van der Waals surface area (Å²) in [5.74, 6) is -1.96. The largest absolute Gasteiger partial charge is 0.480 e. The summed E-state index contributed by atoms with van der Waals surface area (Å²) in [5, 5.41) is 11.5. The molecule has 0 aliphatic rings. The molecule has 4 nitrogen and oxygen atoms in total. The molecule has 0 saturated heterocycles. The minimum absolute atomic E-state index is 0.296. The molecule has 0 fully saturated rings. The highest BCUT2D eigenvalue weighted by atomic mass is 19.1. The van der Waals surface area contributed by atoms with Gasteiger partial charge < -0.3 is 10.4 Å². The number of aliphatic carboxylic acids is 1. The number of aryl methyl sites for hydroxylation is 1. The Bertz CT molecular complexity index is 474. The van der Waals surface area contributed by atoms with Gasteiger partial charge in [-0.25, -0.2) is 9.18 Å². The molecule has 5 heteroatoms. The lowest BCUT2D eigenvalue weighted by Gasteiger charge is -2.15. The molecule has 0 spiro atoms. The van der Waals surface area contributed by atoms with Crippen LogP contribution in [-0.2, 0) is 4.79 Å². The van der Waals surface area contributed by atoms with Crippen LogP contribution in [0.3, 0.4) is 0 Å². The van der Waals surface area contributed by atoms with E-state index in [2.05, 4.69) is 5.32 Å². The van der Waals surface area contributed by atoms with Crippen molar-refractivity contribution in [3.05, 3.63) is 35.1 Å². The van der Waals surface area contributed by atoms with E-state index in [0.717, 1.165) is 12.8 Å². The Hall–Kier alpha value is -1.91. The molecule has 1 aromatic carbocycles. The van der Waals surface area contributed by atoms with Crippen molar-refractivity contribution in [3.63, 3.8) is 0 Å². The number of amides is 1. The van der Waals surface area contributed by atoms with E-state index < -0.39 is 23.7 Å². The molecule has 0 saturated carbocycles. The summed E-state index contributed by atoms with van der Waals surface area (Å²) in [6.07, 6.45) is 1.96. The number of carboxylic acids is 1. The Balaban J connectivity index is 2.78. The zero-order chi connectivity index (χ0) is 14.4. The highest BCUT2D eigenvalue weighted by Crippen LogP contribution is 2.11. The molecule has 1 amide bonds. The topological polar surface area (TPSA) is 66.4 Å². The third-order valence-electron chi connectivity index (χ3n) is 2.88. The summed E-state index contributed by atoms with van der Waals surface area (Å²) < 4.78 is 12.9. The number of halogens is 1. The molecular weight excluding hydrogens is 249 g/mol. The molecule has 1 atom stereocenters. The lowest BCUT2D eigenvalue weighted by atomic mass is 10.1. The lowest BCUT2D eigenvalue weighted by molar-refractivity contribution is -0.139. The smallest absolute Gasteiger partial charge is 0.326 e. The van der Waals surface area contributed by atoms with Gasteiger partial charge in [-0.3, -0.25) is 4.79 Å². The average molecular weight is 267 g/mol. The number of carboxylic acid groups (broad SMARTS) is 1. The fourth-order valence-electron chi connectivity index (χ4n) is 1.78. The normalized spacial score (nSPS) is 11.9. The number of rotatable bonds is 6. The van der Waals surface area contributed by atoms with Crippen LogP contribution in [0.4, 0.5) is 4.39 Å². The molecule has 2 N–H and O–H groups in total. The Morgan fingerprint density at radius 2 is 2.11 bits per heavy atom. The van der Waals surface area contributed by atoms with Gasteiger partial charge in [0.1, 0.15) is 11.9 Å². The predicted molar refractivity (Wildman–Crippen MR) is 69.6 cm³/mol. The molecule has 1 aromatic rings. The second kappa shape index (κ2) is 6.87. The maximum absolute atomic E-state index is 12.9. The van der Waals surface area contributed by atoms with Gasteiger partial charge in [-0.1, -0.05) is 19.8 Å². The molecule has 1 rings (SSSR count). The van der Waals surface area contributed by atoms with E-state index in [0.29, 0.717) is 17.5 Å². The first kappa shape index (κ1) is 15.1. The Kier molecular flexibility index (Phi) is 5.48. The summed E-state index contributed by atoms with van der Waals surface area (Å²) in [7, 11) is 0. The van der Waals surface area contributed by atoms with Crippen molar-refractivity contribution in [2.75, 3.05) is 0 Å². The van der Waals surface area contributed by atoms with Gasteiger partial charge in [-0.05, 0) is 37.1 Å². The molecule has 0 radical (unpaired) electrons. The third kappa shape index (κ3) is 4.35. The monoisotopic (exact) mass is 267 g/mol. The Labute approximate surface area is 111 Å². The minimum Gasteiger partial charge on any atom is -0.480 e. The van der Waals surface area contributed by atoms with Crippen molar-refractivity contribution in [3.8, 4) is 0 Å². The molecule has 1 unspecified atom stereocenters. The second-order valence-electron chi connectivity index (χ2n) is 4.47. The molecule has 19 heavy (non-hydrogen) atoms. The number of nitrogens with one attached hydrogen (secondary N) is 1. The van der Waals surface area contributed by atoms with Crippen molar-refractivity contribution < 1.29 is 19.1 Å². The first-order chi connectivity index (χ1) is 8.95. The fraction of sp³-hybridized carbons (Fsp3) is 0.429. The van der Waals surface area contributed by atoms with E-state index in [4.69, 9.17) is 5.11 Å². The van der Waals surface area contributed by atoms with Crippen molar-refractivity contribution in [2.45, 2.75) is 39.2 Å². The summed E-state index contributed by atoms with van der Waals surface area (Å²) >= 11 is 0. The van der Waals surface area contributed by atoms with Gasteiger partial charge in [0.25, 0.3) is 5.91 Å². The average Bonchev–Trinajstić information content (AvgIpc) is 2.33. The van der Waals surface area contributed by atoms with E-state index in [1.807, 2.05) is 6.92 Å². The highest BCUT2D eigenvalue weighted by molar-refractivity contribution is 5.97. The molecule has 104 valence electrons. The van der Waals surface area contributed by atoms with Crippen molar-refractivity contribution in [1.29, 1.82) is 0 Å². The van der Waals surface area contributed by atoms with Crippen LogP contribution in [0.25, 0.3) is 0 Å². The number of benzene rings is 1. The van der Waals surface area contributed by atoms with Gasteiger partial charge in [0.15, 0.2) is 0 Å². The number of hydrogen-bond donors (Lipinski definition) is 2. The molecule has 0 aromatic heterocycles. The van der Waals surface area contributed by atoms with Gasteiger partial charge in [0.05, 0.1) is 0 Å². The van der Waals surface area contributed by atoms with Crippen LogP contribution in [0.1, 0.15) is 42.1 Å². The van der Waals surface area contributed by atoms with Gasteiger partial charge in [-0.2, -0.15) is 0 Å².